The molecule has 3 rings (SSSR count). The lowest BCUT2D eigenvalue weighted by molar-refractivity contribution is -0.118. The molecule has 0 saturated carbocycles. The molecule has 3 N–H and O–H groups in total. The first-order valence-electron chi connectivity index (χ1n) is 11.6. The zero-order valence-electron chi connectivity index (χ0n) is 19.7. The summed E-state index contributed by atoms with van der Waals surface area (Å²) in [7, 11) is 0. The minimum absolute atomic E-state index is 0.0156. The van der Waals surface area contributed by atoms with E-state index in [1.165, 1.54) is 12.8 Å². The lowest BCUT2D eigenvalue weighted by Crippen LogP contribution is -2.42. The molecule has 2 heterocycles. The molecule has 0 aliphatic carbocycles. The number of carbonyl (C=O) groups excluding carboxylic acids is 1. The largest absolute Gasteiger partial charge is 0.387 e. The molecular weight excluding hydrogens is 428 g/mol. The van der Waals surface area contributed by atoms with Crippen LogP contribution in [0.25, 0.3) is 0 Å². The maximum absolute atomic E-state index is 13.4. The number of imidazole rings is 1. The van der Waals surface area contributed by atoms with E-state index in [1.807, 2.05) is 17.7 Å². The van der Waals surface area contributed by atoms with Gasteiger partial charge >= 0.3 is 0 Å². The van der Waals surface area contributed by atoms with E-state index >= 15 is 0 Å². The van der Waals surface area contributed by atoms with Gasteiger partial charge in [0.05, 0.1) is 24.0 Å². The second-order valence-corrected chi connectivity index (χ2v) is 9.42. The fraction of sp³-hybridized carbons (Fsp3) is 0.583. The first-order valence-corrected chi connectivity index (χ1v) is 11.6. The van der Waals surface area contributed by atoms with Crippen LogP contribution in [0.5, 0.6) is 0 Å². The molecular formula is C24H35F2N5O2. The van der Waals surface area contributed by atoms with Gasteiger partial charge in [0.2, 0.25) is 5.91 Å². The van der Waals surface area contributed by atoms with Crippen molar-refractivity contribution in [1.29, 1.82) is 0 Å². The second-order valence-electron chi connectivity index (χ2n) is 9.42. The Hall–Kier alpha value is -2.36. The number of rotatable bonds is 11. The predicted molar refractivity (Wildman–Crippen MR) is 124 cm³/mol. The molecule has 1 saturated heterocycles. The minimum atomic E-state index is -1.15. The molecule has 2 unspecified atom stereocenters. The number of nitrogens with one attached hydrogen (secondary N) is 2. The summed E-state index contributed by atoms with van der Waals surface area (Å²) >= 11 is 0. The van der Waals surface area contributed by atoms with Crippen LogP contribution >= 0.6 is 0 Å². The average Bonchev–Trinajstić information content (AvgIpc) is 3.42. The smallest absolute Gasteiger partial charge is 0.242 e. The number of nitrogens with zero attached hydrogens (tertiary/aromatic N) is 3. The van der Waals surface area contributed by atoms with Crippen molar-refractivity contribution in [3.63, 3.8) is 0 Å². The van der Waals surface area contributed by atoms with E-state index in [0.29, 0.717) is 12.2 Å². The van der Waals surface area contributed by atoms with Gasteiger partial charge in [-0.15, -0.1) is 0 Å². The number of hydrogen-bond donors (Lipinski definition) is 3. The Morgan fingerprint density at radius 1 is 1.21 bits per heavy atom. The highest BCUT2D eigenvalue weighted by molar-refractivity contribution is 5.93. The Bertz CT molecular complexity index is 907. The van der Waals surface area contributed by atoms with Crippen LogP contribution in [0.4, 0.5) is 14.6 Å². The molecule has 0 spiro atoms. The van der Waals surface area contributed by atoms with Crippen LogP contribution < -0.4 is 10.6 Å². The summed E-state index contributed by atoms with van der Waals surface area (Å²) < 4.78 is 28.9. The number of aliphatic hydroxyl groups is 1. The van der Waals surface area contributed by atoms with Gasteiger partial charge in [0.15, 0.2) is 5.82 Å². The molecule has 182 valence electrons. The van der Waals surface area contributed by atoms with Gasteiger partial charge in [0, 0.05) is 25.4 Å². The Kier molecular flexibility index (Phi) is 8.56. The number of hydrogen-bond acceptors (Lipinski definition) is 5. The third-order valence-corrected chi connectivity index (χ3v) is 6.06. The van der Waals surface area contributed by atoms with Crippen LogP contribution in [0.2, 0.25) is 0 Å². The normalized spacial score (nSPS) is 16.7. The number of aliphatic hydroxyl groups excluding tert-OH is 1. The van der Waals surface area contributed by atoms with Gasteiger partial charge in [0.25, 0.3) is 0 Å². The first kappa shape index (κ1) is 25.3. The summed E-state index contributed by atoms with van der Waals surface area (Å²) in [5.74, 6) is -1.31. The van der Waals surface area contributed by atoms with Crippen LogP contribution in [-0.2, 0) is 10.3 Å². The van der Waals surface area contributed by atoms with Crippen molar-refractivity contribution in [1.82, 2.24) is 19.8 Å². The first-order chi connectivity index (χ1) is 15.7. The number of likely N-dealkylation sites (tertiary alicyclic amines) is 1. The van der Waals surface area contributed by atoms with Gasteiger partial charge in [-0.1, -0.05) is 13.3 Å². The van der Waals surface area contributed by atoms with Crippen LogP contribution in [0.1, 0.15) is 58.1 Å². The molecule has 1 fully saturated rings. The molecule has 0 bridgehead atoms. The third kappa shape index (κ3) is 7.06. The molecule has 33 heavy (non-hydrogen) atoms. The van der Waals surface area contributed by atoms with Gasteiger partial charge in [-0.25, -0.2) is 13.8 Å². The van der Waals surface area contributed by atoms with Crippen LogP contribution in [0.3, 0.4) is 0 Å². The maximum atomic E-state index is 13.4. The summed E-state index contributed by atoms with van der Waals surface area (Å²) in [5.41, 5.74) is -0.0410. The van der Waals surface area contributed by atoms with Crippen molar-refractivity contribution < 1.29 is 18.7 Å². The van der Waals surface area contributed by atoms with Crippen LogP contribution in [0.15, 0.2) is 30.7 Å². The summed E-state index contributed by atoms with van der Waals surface area (Å²) in [5, 5.41) is 16.2. The Morgan fingerprint density at radius 3 is 2.52 bits per heavy atom. The molecule has 1 amide bonds. The molecule has 2 atom stereocenters. The third-order valence-electron chi connectivity index (χ3n) is 6.06. The number of aromatic nitrogens is 2. The maximum Gasteiger partial charge on any atom is 0.242 e. The van der Waals surface area contributed by atoms with Gasteiger partial charge in [0.1, 0.15) is 11.6 Å². The van der Waals surface area contributed by atoms with Crippen molar-refractivity contribution in [2.45, 2.75) is 64.1 Å². The van der Waals surface area contributed by atoms with Gasteiger partial charge in [-0.05, 0) is 63.9 Å². The molecule has 9 heteroatoms. The molecule has 1 aliphatic rings. The molecule has 1 aromatic heterocycles. The van der Waals surface area contributed by atoms with E-state index in [4.69, 9.17) is 0 Å². The number of anilines is 1. The zero-order chi connectivity index (χ0) is 24.0. The number of amides is 1. The fourth-order valence-corrected chi connectivity index (χ4v) is 4.26. The van der Waals surface area contributed by atoms with Crippen molar-refractivity contribution >= 4 is 11.7 Å². The molecule has 2 aromatic rings. The molecule has 1 aromatic carbocycles. The van der Waals surface area contributed by atoms with E-state index in [2.05, 4.69) is 34.4 Å². The zero-order valence-corrected chi connectivity index (χ0v) is 19.7. The highest BCUT2D eigenvalue weighted by Crippen LogP contribution is 2.22. The average molecular weight is 464 g/mol. The lowest BCUT2D eigenvalue weighted by Gasteiger charge is -2.31. The minimum Gasteiger partial charge on any atom is -0.387 e. The highest BCUT2D eigenvalue weighted by atomic mass is 19.1. The predicted octanol–water partition coefficient (Wildman–Crippen LogP) is 3.42. The monoisotopic (exact) mass is 463 g/mol. The summed E-state index contributed by atoms with van der Waals surface area (Å²) in [6.45, 7) is 9.37. The van der Waals surface area contributed by atoms with E-state index in [0.717, 1.165) is 44.3 Å². The van der Waals surface area contributed by atoms with E-state index < -0.39 is 23.8 Å². The van der Waals surface area contributed by atoms with Crippen molar-refractivity contribution in [2.24, 2.45) is 0 Å². The van der Waals surface area contributed by atoms with Crippen molar-refractivity contribution in [3.05, 3.63) is 47.9 Å². The van der Waals surface area contributed by atoms with Gasteiger partial charge in [-0.3, -0.25) is 4.79 Å². The van der Waals surface area contributed by atoms with Crippen molar-refractivity contribution in [3.8, 4) is 0 Å². The van der Waals surface area contributed by atoms with Crippen LogP contribution in [-0.4, -0.2) is 57.7 Å². The SMILES string of the molecule is CCCC(NCC(O)c1cc(F)cc(F)c1)C(=O)Nc1cn(C(C)(C)CN2CCCC2)cn1. The summed E-state index contributed by atoms with van der Waals surface area (Å²) in [4.78, 5) is 19.7. The van der Waals surface area contributed by atoms with Crippen LogP contribution in [0, 0.1) is 11.6 Å². The summed E-state index contributed by atoms with van der Waals surface area (Å²) in [6, 6.07) is 2.34. The van der Waals surface area contributed by atoms with E-state index in [-0.39, 0.29) is 23.6 Å². The van der Waals surface area contributed by atoms with E-state index in [9.17, 15) is 18.7 Å². The van der Waals surface area contributed by atoms with Gasteiger partial charge < -0.3 is 25.2 Å². The molecule has 7 nitrogen and oxygen atoms in total. The Morgan fingerprint density at radius 2 is 1.88 bits per heavy atom. The topological polar surface area (TPSA) is 82.4 Å². The standard InChI is InChI=1S/C24H35F2N5O2/c1-4-7-20(27-13-21(32)17-10-18(25)12-19(26)11-17)23(33)29-22-14-31(16-28-22)24(2,3)15-30-8-5-6-9-30/h10-12,14,16,20-21,27,32H,4-9,13,15H2,1-3H3,(H,29,33). The number of benzene rings is 1. The number of halogens is 2. The number of carbonyl (C=O) groups is 1. The van der Waals surface area contributed by atoms with Gasteiger partial charge in [-0.2, -0.15) is 0 Å². The quantitative estimate of drug-likeness (QED) is 0.476. The Labute approximate surface area is 194 Å². The molecule has 0 radical (unpaired) electrons. The summed E-state index contributed by atoms with van der Waals surface area (Å²) in [6.07, 6.45) is 6.17. The highest BCUT2D eigenvalue weighted by Gasteiger charge is 2.26. The van der Waals surface area contributed by atoms with E-state index in [1.54, 1.807) is 6.33 Å². The molecule has 1 aliphatic heterocycles. The fourth-order valence-electron chi connectivity index (χ4n) is 4.26. The lowest BCUT2D eigenvalue weighted by atomic mass is 10.1. The second kappa shape index (κ2) is 11.2. The van der Waals surface area contributed by atoms with Crippen molar-refractivity contribution in [2.75, 3.05) is 31.5 Å². The Balaban J connectivity index is 1.58.